The van der Waals surface area contributed by atoms with Gasteiger partial charge >= 0.3 is 5.69 Å². The van der Waals surface area contributed by atoms with Gasteiger partial charge in [-0.15, -0.1) is 0 Å². The summed E-state index contributed by atoms with van der Waals surface area (Å²) in [7, 11) is 0. The Morgan fingerprint density at radius 3 is 2.71 bits per heavy atom. The van der Waals surface area contributed by atoms with E-state index in [2.05, 4.69) is 17.2 Å². The lowest BCUT2D eigenvalue weighted by Gasteiger charge is -2.11. The van der Waals surface area contributed by atoms with Crippen molar-refractivity contribution < 1.29 is 4.79 Å². The molecule has 0 aromatic carbocycles. The van der Waals surface area contributed by atoms with Crippen LogP contribution < -0.4 is 16.6 Å². The molecule has 17 heavy (non-hydrogen) atoms. The average Bonchev–Trinajstić information content (AvgIpc) is 2.62. The van der Waals surface area contributed by atoms with Gasteiger partial charge in [-0.25, -0.2) is 4.79 Å². The maximum Gasteiger partial charge on any atom is 0.326 e. The predicted molar refractivity (Wildman–Crippen MR) is 62.0 cm³/mol. The molecule has 6 nitrogen and oxygen atoms in total. The monoisotopic (exact) mass is 237 g/mol. The lowest BCUT2D eigenvalue weighted by Crippen LogP contribution is -2.36. The molecule has 1 saturated carbocycles. The van der Waals surface area contributed by atoms with Crippen molar-refractivity contribution in [1.82, 2.24) is 15.3 Å². The molecule has 2 rings (SSSR count). The minimum atomic E-state index is -0.664. The van der Waals surface area contributed by atoms with Crippen molar-refractivity contribution in [2.24, 2.45) is 5.92 Å². The fraction of sp³-hybridized carbons (Fsp3) is 0.545. The van der Waals surface area contributed by atoms with Crippen molar-refractivity contribution in [3.8, 4) is 0 Å². The van der Waals surface area contributed by atoms with Crippen LogP contribution in [0.3, 0.4) is 0 Å². The molecule has 2 unspecified atom stereocenters. The van der Waals surface area contributed by atoms with E-state index in [4.69, 9.17) is 0 Å². The Hall–Kier alpha value is -1.85. The summed E-state index contributed by atoms with van der Waals surface area (Å²) in [6.07, 6.45) is 2.98. The SMILES string of the molecule is CC1CCC(NC(=O)c2cc(=O)[nH]c(=O)[nH]2)C1. The second kappa shape index (κ2) is 4.57. The van der Waals surface area contributed by atoms with Crippen molar-refractivity contribution >= 4 is 5.91 Å². The highest BCUT2D eigenvalue weighted by atomic mass is 16.2. The third-order valence-corrected chi connectivity index (χ3v) is 3.04. The van der Waals surface area contributed by atoms with Crippen LogP contribution >= 0.6 is 0 Å². The van der Waals surface area contributed by atoms with Crippen LogP contribution in [-0.4, -0.2) is 21.9 Å². The van der Waals surface area contributed by atoms with Gasteiger partial charge in [0.05, 0.1) is 0 Å². The number of amides is 1. The molecule has 2 atom stereocenters. The quantitative estimate of drug-likeness (QED) is 0.674. The van der Waals surface area contributed by atoms with Crippen LogP contribution in [-0.2, 0) is 0 Å². The second-order valence-electron chi connectivity index (χ2n) is 4.59. The van der Waals surface area contributed by atoms with Gasteiger partial charge in [-0.2, -0.15) is 0 Å². The van der Waals surface area contributed by atoms with E-state index < -0.39 is 17.2 Å². The number of carbonyl (C=O) groups excluding carboxylic acids is 1. The molecule has 1 heterocycles. The van der Waals surface area contributed by atoms with Gasteiger partial charge in [-0.3, -0.25) is 14.6 Å². The number of hydrogen-bond acceptors (Lipinski definition) is 3. The molecule has 0 spiro atoms. The van der Waals surface area contributed by atoms with Crippen molar-refractivity contribution in [3.63, 3.8) is 0 Å². The van der Waals surface area contributed by atoms with Gasteiger partial charge in [0.1, 0.15) is 5.69 Å². The Morgan fingerprint density at radius 1 is 1.35 bits per heavy atom. The van der Waals surface area contributed by atoms with E-state index in [-0.39, 0.29) is 11.7 Å². The molecule has 92 valence electrons. The molecule has 1 amide bonds. The highest BCUT2D eigenvalue weighted by Gasteiger charge is 2.23. The maximum absolute atomic E-state index is 11.8. The zero-order valence-electron chi connectivity index (χ0n) is 9.58. The number of nitrogens with one attached hydrogen (secondary N) is 3. The molecule has 0 saturated heterocycles. The van der Waals surface area contributed by atoms with Crippen molar-refractivity contribution in [1.29, 1.82) is 0 Å². The Kier molecular flexibility index (Phi) is 3.12. The third kappa shape index (κ3) is 2.83. The summed E-state index contributed by atoms with van der Waals surface area (Å²) in [5, 5.41) is 2.82. The van der Waals surface area contributed by atoms with Gasteiger partial charge in [-0.1, -0.05) is 6.92 Å². The lowest BCUT2D eigenvalue weighted by molar-refractivity contribution is 0.0931. The Labute approximate surface area is 97.5 Å². The zero-order chi connectivity index (χ0) is 12.4. The fourth-order valence-corrected chi connectivity index (χ4v) is 2.19. The average molecular weight is 237 g/mol. The van der Waals surface area contributed by atoms with E-state index in [1.54, 1.807) is 0 Å². The van der Waals surface area contributed by atoms with Crippen LogP contribution in [0, 0.1) is 5.92 Å². The number of rotatable bonds is 2. The molecule has 0 radical (unpaired) electrons. The summed E-state index contributed by atoms with van der Waals surface area (Å²) in [4.78, 5) is 38.2. The van der Waals surface area contributed by atoms with E-state index >= 15 is 0 Å². The predicted octanol–water partition coefficient (Wildman–Crippen LogP) is -0.0184. The molecular formula is C11H15N3O3. The first-order valence-electron chi connectivity index (χ1n) is 5.69. The number of H-pyrrole nitrogens is 2. The number of hydrogen-bond donors (Lipinski definition) is 3. The topological polar surface area (TPSA) is 94.8 Å². The summed E-state index contributed by atoms with van der Waals surface area (Å²) in [6.45, 7) is 2.14. The minimum Gasteiger partial charge on any atom is -0.348 e. The van der Waals surface area contributed by atoms with Crippen LogP contribution in [0.2, 0.25) is 0 Å². The van der Waals surface area contributed by atoms with Gasteiger partial charge in [0.2, 0.25) is 0 Å². The second-order valence-corrected chi connectivity index (χ2v) is 4.59. The van der Waals surface area contributed by atoms with E-state index in [0.717, 1.165) is 25.3 Å². The first kappa shape index (κ1) is 11.6. The molecule has 1 aliphatic carbocycles. The zero-order valence-corrected chi connectivity index (χ0v) is 9.58. The number of carbonyl (C=O) groups is 1. The summed E-state index contributed by atoms with van der Waals surface area (Å²) in [5.41, 5.74) is -1.22. The standard InChI is InChI=1S/C11H15N3O3/c1-6-2-3-7(4-6)12-10(16)8-5-9(15)14-11(17)13-8/h5-7H,2-4H2,1H3,(H,12,16)(H2,13,14,15,17). The Morgan fingerprint density at radius 2 is 2.12 bits per heavy atom. The van der Waals surface area contributed by atoms with E-state index in [1.807, 2.05) is 4.98 Å². The molecular weight excluding hydrogens is 222 g/mol. The Balaban J connectivity index is 2.09. The first-order valence-corrected chi connectivity index (χ1v) is 5.69. The van der Waals surface area contributed by atoms with Gasteiger partial charge in [0, 0.05) is 12.1 Å². The van der Waals surface area contributed by atoms with Crippen LogP contribution in [0.1, 0.15) is 36.7 Å². The van der Waals surface area contributed by atoms with Gasteiger partial charge in [0.15, 0.2) is 0 Å². The molecule has 6 heteroatoms. The van der Waals surface area contributed by atoms with Crippen LogP contribution in [0.25, 0.3) is 0 Å². The first-order chi connectivity index (χ1) is 8.04. The summed E-state index contributed by atoms with van der Waals surface area (Å²) < 4.78 is 0. The highest BCUT2D eigenvalue weighted by Crippen LogP contribution is 2.24. The van der Waals surface area contributed by atoms with E-state index in [1.165, 1.54) is 0 Å². The molecule has 3 N–H and O–H groups in total. The summed E-state index contributed by atoms with van der Waals surface area (Å²) in [6, 6.07) is 1.23. The van der Waals surface area contributed by atoms with E-state index in [0.29, 0.717) is 5.92 Å². The van der Waals surface area contributed by atoms with Gasteiger partial charge < -0.3 is 10.3 Å². The van der Waals surface area contributed by atoms with Crippen molar-refractivity contribution in [3.05, 3.63) is 32.6 Å². The molecule has 1 fully saturated rings. The minimum absolute atomic E-state index is 0.0123. The van der Waals surface area contributed by atoms with Crippen molar-refractivity contribution in [2.75, 3.05) is 0 Å². The number of aromatic nitrogens is 2. The van der Waals surface area contributed by atoms with Gasteiger partial charge in [-0.05, 0) is 25.2 Å². The van der Waals surface area contributed by atoms with Crippen LogP contribution in [0.15, 0.2) is 15.7 Å². The van der Waals surface area contributed by atoms with E-state index in [9.17, 15) is 14.4 Å². The largest absolute Gasteiger partial charge is 0.348 e. The van der Waals surface area contributed by atoms with Crippen LogP contribution in [0.4, 0.5) is 0 Å². The fourth-order valence-electron chi connectivity index (χ4n) is 2.19. The summed E-state index contributed by atoms with van der Waals surface area (Å²) in [5.74, 6) is 0.214. The lowest BCUT2D eigenvalue weighted by atomic mass is 10.1. The molecule has 1 aliphatic rings. The Bertz CT molecular complexity index is 503. The maximum atomic E-state index is 11.8. The summed E-state index contributed by atoms with van der Waals surface area (Å²) >= 11 is 0. The highest BCUT2D eigenvalue weighted by molar-refractivity contribution is 5.92. The van der Waals surface area contributed by atoms with Gasteiger partial charge in [0.25, 0.3) is 11.5 Å². The third-order valence-electron chi connectivity index (χ3n) is 3.04. The number of aromatic amines is 2. The molecule has 0 bridgehead atoms. The molecule has 1 aromatic rings. The normalized spacial score (nSPS) is 23.6. The molecule has 1 aromatic heterocycles. The molecule has 0 aliphatic heterocycles. The smallest absolute Gasteiger partial charge is 0.326 e. The van der Waals surface area contributed by atoms with Crippen LogP contribution in [0.5, 0.6) is 0 Å². The van der Waals surface area contributed by atoms with Crippen molar-refractivity contribution in [2.45, 2.75) is 32.2 Å².